The fourth-order valence-electron chi connectivity index (χ4n) is 4.83. The van der Waals surface area contributed by atoms with Gasteiger partial charge in [0.1, 0.15) is 0 Å². The quantitative estimate of drug-likeness (QED) is 0.797. The SMILES string of the molecule is COc1ccc([C@H]2C[C@@](C)(NC(C)=O)[C@@H]3CC[C@@H](C)C[C@H]3O2)cc1OC(F)F. The highest BCUT2D eigenvalue weighted by molar-refractivity contribution is 5.73. The Morgan fingerprint density at radius 3 is 2.71 bits per heavy atom. The van der Waals surface area contributed by atoms with Gasteiger partial charge < -0.3 is 19.5 Å². The number of fused-ring (bicyclic) bond motifs is 1. The van der Waals surface area contributed by atoms with Crippen LogP contribution in [0.3, 0.4) is 0 Å². The lowest BCUT2D eigenvalue weighted by atomic mass is 9.66. The van der Waals surface area contributed by atoms with Crippen LogP contribution in [0.2, 0.25) is 0 Å². The maximum absolute atomic E-state index is 12.8. The summed E-state index contributed by atoms with van der Waals surface area (Å²) in [5.74, 6) is 0.943. The summed E-state index contributed by atoms with van der Waals surface area (Å²) in [5, 5.41) is 3.15. The molecule has 0 radical (unpaired) electrons. The Morgan fingerprint density at radius 2 is 2.07 bits per heavy atom. The Labute approximate surface area is 164 Å². The number of halogens is 2. The summed E-state index contributed by atoms with van der Waals surface area (Å²) in [6, 6.07) is 4.97. The summed E-state index contributed by atoms with van der Waals surface area (Å²) in [4.78, 5) is 11.9. The topological polar surface area (TPSA) is 56.8 Å². The highest BCUT2D eigenvalue weighted by Crippen LogP contribution is 2.48. The van der Waals surface area contributed by atoms with Crippen LogP contribution >= 0.6 is 0 Å². The van der Waals surface area contributed by atoms with Crippen molar-refractivity contribution in [3.8, 4) is 11.5 Å². The van der Waals surface area contributed by atoms with Gasteiger partial charge in [0.05, 0.1) is 19.3 Å². The summed E-state index contributed by atoms with van der Waals surface area (Å²) in [6.45, 7) is 2.86. The van der Waals surface area contributed by atoms with E-state index < -0.39 is 12.2 Å². The monoisotopic (exact) mass is 397 g/mol. The Hall–Kier alpha value is -1.89. The summed E-state index contributed by atoms with van der Waals surface area (Å²) < 4.78 is 41.7. The second kappa shape index (κ2) is 8.23. The fourth-order valence-corrected chi connectivity index (χ4v) is 4.83. The zero-order valence-corrected chi connectivity index (χ0v) is 16.8. The van der Waals surface area contributed by atoms with E-state index in [9.17, 15) is 13.6 Å². The lowest BCUT2D eigenvalue weighted by Gasteiger charge is -2.52. The van der Waals surface area contributed by atoms with E-state index in [1.54, 1.807) is 12.1 Å². The molecule has 0 unspecified atom stereocenters. The van der Waals surface area contributed by atoms with Crippen LogP contribution in [0.1, 0.15) is 58.1 Å². The minimum atomic E-state index is -2.94. The van der Waals surface area contributed by atoms with Crippen molar-refractivity contribution in [3.63, 3.8) is 0 Å². The highest BCUT2D eigenvalue weighted by atomic mass is 19.3. The third kappa shape index (κ3) is 4.40. The zero-order valence-electron chi connectivity index (χ0n) is 16.8. The van der Waals surface area contributed by atoms with Gasteiger partial charge in [0, 0.05) is 24.8 Å². The van der Waals surface area contributed by atoms with Crippen molar-refractivity contribution in [2.75, 3.05) is 7.11 Å². The first-order valence-electron chi connectivity index (χ1n) is 9.79. The molecular weight excluding hydrogens is 368 g/mol. The summed E-state index contributed by atoms with van der Waals surface area (Å²) in [6.07, 6.45) is 3.29. The predicted octanol–water partition coefficient (Wildman–Crippen LogP) is 4.46. The van der Waals surface area contributed by atoms with E-state index in [4.69, 9.17) is 9.47 Å². The molecule has 156 valence electrons. The van der Waals surface area contributed by atoms with Crippen LogP contribution in [0.15, 0.2) is 18.2 Å². The van der Waals surface area contributed by atoms with Crippen molar-refractivity contribution in [2.45, 2.75) is 70.8 Å². The largest absolute Gasteiger partial charge is 0.493 e. The minimum Gasteiger partial charge on any atom is -0.493 e. The average molecular weight is 397 g/mol. The van der Waals surface area contributed by atoms with Gasteiger partial charge in [0.2, 0.25) is 5.91 Å². The minimum absolute atomic E-state index is 0.0147. The number of carbonyl (C=O) groups is 1. The van der Waals surface area contributed by atoms with Gasteiger partial charge in [-0.1, -0.05) is 19.4 Å². The molecule has 1 aliphatic carbocycles. The highest BCUT2D eigenvalue weighted by Gasteiger charge is 2.49. The van der Waals surface area contributed by atoms with Gasteiger partial charge in [-0.15, -0.1) is 0 Å². The molecule has 1 saturated carbocycles. The number of alkyl halides is 2. The van der Waals surface area contributed by atoms with Crippen LogP contribution in [0.25, 0.3) is 0 Å². The first kappa shape index (κ1) is 20.8. The second-order valence-electron chi connectivity index (χ2n) is 8.28. The number of amides is 1. The summed E-state index contributed by atoms with van der Waals surface area (Å²) in [5.41, 5.74) is 0.327. The molecular formula is C21H29F2NO4. The Kier molecular flexibility index (Phi) is 6.12. The summed E-state index contributed by atoms with van der Waals surface area (Å²) >= 11 is 0. The lowest BCUT2D eigenvalue weighted by molar-refractivity contribution is -0.153. The van der Waals surface area contributed by atoms with Gasteiger partial charge >= 0.3 is 6.61 Å². The number of carbonyl (C=O) groups excluding carboxylic acids is 1. The number of methoxy groups -OCH3 is 1. The normalized spacial score (nSPS) is 32.5. The average Bonchev–Trinajstić information content (AvgIpc) is 2.59. The van der Waals surface area contributed by atoms with Crippen LogP contribution < -0.4 is 14.8 Å². The first-order valence-corrected chi connectivity index (χ1v) is 9.79. The molecule has 1 aromatic carbocycles. The van der Waals surface area contributed by atoms with E-state index >= 15 is 0 Å². The summed E-state index contributed by atoms with van der Waals surface area (Å²) in [7, 11) is 1.41. The molecule has 5 atom stereocenters. The van der Waals surface area contributed by atoms with Gasteiger partial charge in [-0.3, -0.25) is 4.79 Å². The zero-order chi connectivity index (χ0) is 20.5. The number of benzene rings is 1. The molecule has 28 heavy (non-hydrogen) atoms. The van der Waals surface area contributed by atoms with E-state index in [-0.39, 0.29) is 35.5 Å². The molecule has 1 aromatic rings. The van der Waals surface area contributed by atoms with Crippen molar-refractivity contribution in [3.05, 3.63) is 23.8 Å². The van der Waals surface area contributed by atoms with Crippen LogP contribution in [0.5, 0.6) is 11.5 Å². The number of hydrogen-bond donors (Lipinski definition) is 1. The molecule has 1 amide bonds. The van der Waals surface area contributed by atoms with Crippen LogP contribution in [0, 0.1) is 11.8 Å². The molecule has 7 heteroatoms. The number of nitrogens with one attached hydrogen (secondary N) is 1. The standard InChI is InChI=1S/C21H29F2NO4/c1-12-5-7-15-17(9-12)27-19(11-21(15,3)24-13(2)25)14-6-8-16(26-4)18(10-14)28-20(22)23/h6,8,10,12,15,17,19-20H,5,7,9,11H2,1-4H3,(H,24,25)/t12-,15-,17-,19-,21-/m1/s1. The molecule has 1 aliphatic heterocycles. The molecule has 0 aromatic heterocycles. The van der Waals surface area contributed by atoms with Gasteiger partial charge in [0.25, 0.3) is 0 Å². The first-order chi connectivity index (χ1) is 13.2. The van der Waals surface area contributed by atoms with Crippen molar-refractivity contribution >= 4 is 5.91 Å². The predicted molar refractivity (Wildman–Crippen MR) is 101 cm³/mol. The molecule has 2 fully saturated rings. The molecule has 2 aliphatic rings. The fraction of sp³-hybridized carbons (Fsp3) is 0.667. The van der Waals surface area contributed by atoms with E-state index in [1.165, 1.54) is 14.0 Å². The molecule has 0 bridgehead atoms. The Morgan fingerprint density at radius 1 is 1.32 bits per heavy atom. The Bertz CT molecular complexity index is 714. The van der Waals surface area contributed by atoms with E-state index in [0.29, 0.717) is 12.3 Å². The number of hydrogen-bond acceptors (Lipinski definition) is 4. The van der Waals surface area contributed by atoms with Gasteiger partial charge in [-0.05, 0) is 43.4 Å². The van der Waals surface area contributed by atoms with E-state index in [0.717, 1.165) is 24.8 Å². The molecule has 1 heterocycles. The van der Waals surface area contributed by atoms with Crippen LogP contribution in [0.4, 0.5) is 8.78 Å². The van der Waals surface area contributed by atoms with Crippen molar-refractivity contribution in [2.24, 2.45) is 11.8 Å². The molecule has 0 spiro atoms. The van der Waals surface area contributed by atoms with Gasteiger partial charge in [0.15, 0.2) is 11.5 Å². The van der Waals surface area contributed by atoms with E-state index in [2.05, 4.69) is 23.9 Å². The molecule has 1 N–H and O–H groups in total. The maximum atomic E-state index is 12.8. The van der Waals surface area contributed by atoms with E-state index in [1.807, 2.05) is 6.07 Å². The molecule has 1 saturated heterocycles. The third-order valence-electron chi connectivity index (χ3n) is 6.06. The van der Waals surface area contributed by atoms with Crippen molar-refractivity contribution < 1.29 is 27.8 Å². The van der Waals surface area contributed by atoms with Crippen molar-refractivity contribution in [1.82, 2.24) is 5.32 Å². The molecule has 5 nitrogen and oxygen atoms in total. The second-order valence-corrected chi connectivity index (χ2v) is 8.28. The lowest BCUT2D eigenvalue weighted by Crippen LogP contribution is -2.60. The van der Waals surface area contributed by atoms with Crippen molar-refractivity contribution in [1.29, 1.82) is 0 Å². The van der Waals surface area contributed by atoms with Crippen LogP contribution in [-0.4, -0.2) is 31.3 Å². The van der Waals surface area contributed by atoms with Gasteiger partial charge in [-0.25, -0.2) is 0 Å². The Balaban J connectivity index is 1.92. The number of ether oxygens (including phenoxy) is 3. The number of rotatable bonds is 5. The molecule has 3 rings (SSSR count). The maximum Gasteiger partial charge on any atom is 0.387 e. The van der Waals surface area contributed by atoms with Crippen LogP contribution in [-0.2, 0) is 9.53 Å². The smallest absolute Gasteiger partial charge is 0.387 e. The van der Waals surface area contributed by atoms with Gasteiger partial charge in [-0.2, -0.15) is 8.78 Å². The third-order valence-corrected chi connectivity index (χ3v) is 6.06.